The summed E-state index contributed by atoms with van der Waals surface area (Å²) in [6, 6.07) is 10.1. The van der Waals surface area contributed by atoms with Crippen molar-refractivity contribution >= 4 is 27.3 Å². The van der Waals surface area contributed by atoms with E-state index in [9.17, 15) is 13.2 Å². The fourth-order valence-corrected chi connectivity index (χ4v) is 4.19. The van der Waals surface area contributed by atoms with Gasteiger partial charge in [-0.05, 0) is 42.6 Å². The highest BCUT2D eigenvalue weighted by Crippen LogP contribution is 2.24. The van der Waals surface area contributed by atoms with Crippen LogP contribution in [0.3, 0.4) is 0 Å². The highest BCUT2D eigenvalue weighted by molar-refractivity contribution is 7.91. The molecule has 9 nitrogen and oxygen atoms in total. The number of nitrogens with zero attached hydrogens (tertiary/aromatic N) is 2. The summed E-state index contributed by atoms with van der Waals surface area (Å²) in [4.78, 5) is 11.9. The lowest BCUT2D eigenvalue weighted by molar-refractivity contribution is -0.148. The van der Waals surface area contributed by atoms with E-state index in [2.05, 4.69) is 14.9 Å². The Morgan fingerprint density at radius 1 is 1.25 bits per heavy atom. The van der Waals surface area contributed by atoms with E-state index in [-0.39, 0.29) is 16.0 Å². The summed E-state index contributed by atoms with van der Waals surface area (Å²) < 4.78 is 42.1. The smallest absolute Gasteiger partial charge is 0.321 e. The Labute approximate surface area is 165 Å². The van der Waals surface area contributed by atoms with E-state index >= 15 is 0 Å². The van der Waals surface area contributed by atoms with Crippen molar-refractivity contribution in [1.82, 2.24) is 14.9 Å². The Morgan fingerprint density at radius 2 is 2.00 bits per heavy atom. The lowest BCUT2D eigenvalue weighted by Gasteiger charge is -2.10. The normalized spacial score (nSPS) is 12.5. The van der Waals surface area contributed by atoms with Crippen LogP contribution in [0.25, 0.3) is 11.5 Å². The molecule has 3 aromatic rings. The zero-order chi connectivity index (χ0) is 20.1. The van der Waals surface area contributed by atoms with Crippen molar-refractivity contribution < 1.29 is 27.1 Å². The summed E-state index contributed by atoms with van der Waals surface area (Å²) in [5.74, 6) is 0.284. The van der Waals surface area contributed by atoms with Crippen LogP contribution < -0.4 is 9.46 Å². The first-order chi connectivity index (χ1) is 13.4. The van der Waals surface area contributed by atoms with Crippen molar-refractivity contribution in [2.45, 2.75) is 17.2 Å². The van der Waals surface area contributed by atoms with E-state index in [1.54, 1.807) is 49.7 Å². The zero-order valence-corrected chi connectivity index (χ0v) is 16.6. The SMILES string of the molecule is COc1ccc(-c2nnc(C(C)OC(=O)CNS(=O)(=O)c3cccs3)o2)cc1. The Bertz CT molecular complexity index is 1030. The molecule has 0 aliphatic carbocycles. The van der Waals surface area contributed by atoms with Crippen LogP contribution in [0.1, 0.15) is 18.9 Å². The number of rotatable bonds is 8. The Kier molecular flexibility index (Phi) is 6.07. The number of ether oxygens (including phenoxy) is 2. The fourth-order valence-electron chi connectivity index (χ4n) is 2.18. The molecule has 0 fully saturated rings. The third kappa shape index (κ3) is 4.74. The first-order valence-corrected chi connectivity index (χ1v) is 10.5. The van der Waals surface area contributed by atoms with Crippen LogP contribution in [0.15, 0.2) is 50.4 Å². The summed E-state index contributed by atoms with van der Waals surface area (Å²) in [7, 11) is -2.18. The lowest BCUT2D eigenvalue weighted by atomic mass is 10.2. The summed E-state index contributed by atoms with van der Waals surface area (Å²) in [6.45, 7) is 1.04. The topological polar surface area (TPSA) is 121 Å². The molecule has 1 N–H and O–H groups in total. The van der Waals surface area contributed by atoms with Gasteiger partial charge in [0.15, 0.2) is 6.10 Å². The molecule has 0 aliphatic rings. The number of benzene rings is 1. The maximum atomic E-state index is 12.0. The quantitative estimate of drug-likeness (QED) is 0.548. The van der Waals surface area contributed by atoms with E-state index < -0.39 is 28.6 Å². The minimum atomic E-state index is -3.74. The van der Waals surface area contributed by atoms with Crippen molar-refractivity contribution in [2.24, 2.45) is 0 Å². The predicted molar refractivity (Wildman–Crippen MR) is 100 cm³/mol. The van der Waals surface area contributed by atoms with Crippen molar-refractivity contribution in [3.05, 3.63) is 47.7 Å². The second-order valence-electron chi connectivity index (χ2n) is 5.56. The number of hydrogen-bond donors (Lipinski definition) is 1. The molecule has 0 saturated carbocycles. The second-order valence-corrected chi connectivity index (χ2v) is 8.50. The summed E-state index contributed by atoms with van der Waals surface area (Å²) in [6.07, 6.45) is -0.835. The van der Waals surface area contributed by atoms with Gasteiger partial charge in [-0.25, -0.2) is 8.42 Å². The number of sulfonamides is 1. The summed E-state index contributed by atoms with van der Waals surface area (Å²) in [5, 5.41) is 9.44. The van der Waals surface area contributed by atoms with Gasteiger partial charge >= 0.3 is 5.97 Å². The van der Waals surface area contributed by atoms with Crippen LogP contribution in [-0.4, -0.2) is 38.2 Å². The van der Waals surface area contributed by atoms with Crippen molar-refractivity contribution in [1.29, 1.82) is 0 Å². The molecular weight excluding hydrogens is 406 g/mol. The van der Waals surface area contributed by atoms with Gasteiger partial charge in [-0.3, -0.25) is 4.79 Å². The molecule has 0 amide bonds. The van der Waals surface area contributed by atoms with Gasteiger partial charge in [0, 0.05) is 5.56 Å². The third-order valence-corrected chi connectivity index (χ3v) is 6.40. The molecule has 3 rings (SSSR count). The highest BCUT2D eigenvalue weighted by atomic mass is 32.2. The van der Waals surface area contributed by atoms with Gasteiger partial charge in [0.05, 0.1) is 7.11 Å². The number of hydrogen-bond acceptors (Lipinski definition) is 9. The van der Waals surface area contributed by atoms with Gasteiger partial charge in [-0.2, -0.15) is 4.72 Å². The number of methoxy groups -OCH3 is 1. The van der Waals surface area contributed by atoms with Crippen LogP contribution >= 0.6 is 11.3 Å². The third-order valence-electron chi connectivity index (χ3n) is 3.60. The monoisotopic (exact) mass is 423 g/mol. The van der Waals surface area contributed by atoms with E-state index in [1.165, 1.54) is 6.07 Å². The van der Waals surface area contributed by atoms with Gasteiger partial charge < -0.3 is 13.9 Å². The molecule has 0 spiro atoms. The van der Waals surface area contributed by atoms with Gasteiger partial charge in [0.25, 0.3) is 15.9 Å². The van der Waals surface area contributed by atoms with Crippen molar-refractivity contribution in [3.8, 4) is 17.2 Å². The molecule has 28 heavy (non-hydrogen) atoms. The van der Waals surface area contributed by atoms with Gasteiger partial charge in [0.2, 0.25) is 5.89 Å². The number of carbonyl (C=O) groups excluding carboxylic acids is 1. The van der Waals surface area contributed by atoms with Crippen LogP contribution in [0.5, 0.6) is 5.75 Å². The average molecular weight is 423 g/mol. The van der Waals surface area contributed by atoms with Crippen LogP contribution in [-0.2, 0) is 19.6 Å². The van der Waals surface area contributed by atoms with Crippen molar-refractivity contribution in [3.63, 3.8) is 0 Å². The molecule has 0 aliphatic heterocycles. The maximum Gasteiger partial charge on any atom is 0.321 e. The number of aromatic nitrogens is 2. The van der Waals surface area contributed by atoms with E-state index in [4.69, 9.17) is 13.9 Å². The molecule has 0 radical (unpaired) electrons. The highest BCUT2D eigenvalue weighted by Gasteiger charge is 2.21. The van der Waals surface area contributed by atoms with Gasteiger partial charge in [-0.1, -0.05) is 6.07 Å². The predicted octanol–water partition coefficient (Wildman–Crippen LogP) is 2.39. The zero-order valence-electron chi connectivity index (χ0n) is 15.0. The number of esters is 1. The van der Waals surface area contributed by atoms with E-state index in [1.807, 2.05) is 0 Å². The lowest BCUT2D eigenvalue weighted by Crippen LogP contribution is -2.30. The van der Waals surface area contributed by atoms with Crippen LogP contribution in [0.4, 0.5) is 0 Å². The van der Waals surface area contributed by atoms with Crippen LogP contribution in [0, 0.1) is 0 Å². The molecule has 1 atom stereocenters. The van der Waals surface area contributed by atoms with Crippen molar-refractivity contribution in [2.75, 3.05) is 13.7 Å². The largest absolute Gasteiger partial charge is 0.497 e. The molecule has 0 saturated heterocycles. The Balaban J connectivity index is 1.58. The number of carbonyl (C=O) groups is 1. The Morgan fingerprint density at radius 3 is 2.64 bits per heavy atom. The molecule has 2 aromatic heterocycles. The first kappa shape index (κ1) is 20.0. The molecule has 11 heteroatoms. The van der Waals surface area contributed by atoms with E-state index in [0.717, 1.165) is 11.3 Å². The standard InChI is InChI=1S/C17H17N3O6S2/c1-11(25-14(21)10-18-28(22,23)15-4-3-9-27-15)16-19-20-17(26-16)12-5-7-13(24-2)8-6-12/h3-9,11,18H,10H2,1-2H3. The van der Waals surface area contributed by atoms with E-state index in [0.29, 0.717) is 11.3 Å². The first-order valence-electron chi connectivity index (χ1n) is 8.09. The van der Waals surface area contributed by atoms with Crippen LogP contribution in [0.2, 0.25) is 0 Å². The number of thiophene rings is 1. The molecule has 1 aromatic carbocycles. The molecular formula is C17H17N3O6S2. The summed E-state index contributed by atoms with van der Waals surface area (Å²) >= 11 is 1.05. The molecule has 2 heterocycles. The molecule has 0 bridgehead atoms. The Hall–Kier alpha value is -2.76. The second kappa shape index (κ2) is 8.50. The fraction of sp³-hybridized carbons (Fsp3) is 0.235. The minimum absolute atomic E-state index is 0.0975. The minimum Gasteiger partial charge on any atom is -0.497 e. The molecule has 148 valence electrons. The average Bonchev–Trinajstić information content (AvgIpc) is 3.39. The summed E-state index contributed by atoms with van der Waals surface area (Å²) in [5.41, 5.74) is 0.682. The molecule has 1 unspecified atom stereocenters. The number of nitrogens with one attached hydrogen (secondary N) is 1. The maximum absolute atomic E-state index is 12.0. The van der Waals surface area contributed by atoms with Gasteiger partial charge in [0.1, 0.15) is 16.5 Å². The van der Waals surface area contributed by atoms with Gasteiger partial charge in [-0.15, -0.1) is 21.5 Å².